The maximum Gasteiger partial charge on any atom is 0.271 e. The average molecular weight is 334 g/mol. The highest BCUT2D eigenvalue weighted by atomic mass is 35.5. The molecule has 0 spiro atoms. The summed E-state index contributed by atoms with van der Waals surface area (Å²) >= 11 is 17.6. The van der Waals surface area contributed by atoms with Crippen LogP contribution >= 0.6 is 34.8 Å². The molecule has 0 N–H and O–H groups in total. The van der Waals surface area contributed by atoms with Crippen LogP contribution in [-0.2, 0) is 6.61 Å². The quantitative estimate of drug-likeness (QED) is 0.468. The van der Waals surface area contributed by atoms with Crippen molar-refractivity contribution >= 4 is 40.5 Å². The number of pyridine rings is 1. The van der Waals surface area contributed by atoms with E-state index in [1.807, 2.05) is 0 Å². The molecule has 1 aromatic heterocycles. The number of hydrogen-bond acceptors (Lipinski definition) is 4. The zero-order valence-corrected chi connectivity index (χ0v) is 12.1. The van der Waals surface area contributed by atoms with E-state index in [1.54, 1.807) is 0 Å². The minimum Gasteiger partial charge on any atom is -0.487 e. The number of benzene rings is 1. The SMILES string of the molecule is O=[N+]([O-])c1ccc(OCc2cnc(Cl)cc2Cl)c(Cl)c1. The first kappa shape index (κ1) is 14.8. The molecule has 0 fully saturated rings. The average Bonchev–Trinajstić information content (AvgIpc) is 2.38. The highest BCUT2D eigenvalue weighted by molar-refractivity contribution is 6.34. The molecular formula is C12H7Cl3N2O3. The Bertz CT molecular complexity index is 664. The van der Waals surface area contributed by atoms with Gasteiger partial charge in [-0.05, 0) is 12.1 Å². The van der Waals surface area contributed by atoms with E-state index in [2.05, 4.69) is 4.98 Å². The first-order valence-electron chi connectivity index (χ1n) is 5.34. The molecule has 0 aliphatic heterocycles. The molecule has 8 heteroatoms. The maximum absolute atomic E-state index is 10.6. The summed E-state index contributed by atoms with van der Waals surface area (Å²) < 4.78 is 5.46. The predicted molar refractivity (Wildman–Crippen MR) is 76.7 cm³/mol. The summed E-state index contributed by atoms with van der Waals surface area (Å²) in [6, 6.07) is 5.46. The van der Waals surface area contributed by atoms with Crippen LogP contribution in [0.2, 0.25) is 15.2 Å². The van der Waals surface area contributed by atoms with Crippen molar-refractivity contribution in [2.75, 3.05) is 0 Å². The lowest BCUT2D eigenvalue weighted by atomic mass is 10.3. The van der Waals surface area contributed by atoms with Gasteiger partial charge in [-0.15, -0.1) is 0 Å². The second kappa shape index (κ2) is 6.26. The van der Waals surface area contributed by atoms with Crippen LogP contribution in [0.4, 0.5) is 5.69 Å². The topological polar surface area (TPSA) is 65.3 Å². The molecule has 0 saturated heterocycles. The molecule has 0 radical (unpaired) electrons. The van der Waals surface area contributed by atoms with Crippen LogP contribution in [0.5, 0.6) is 5.75 Å². The Hall–Kier alpha value is -1.56. The van der Waals surface area contributed by atoms with Crippen LogP contribution in [0.3, 0.4) is 0 Å². The van der Waals surface area contributed by atoms with E-state index in [-0.39, 0.29) is 22.5 Å². The summed E-state index contributed by atoms with van der Waals surface area (Å²) in [5.74, 6) is 0.322. The lowest BCUT2D eigenvalue weighted by Gasteiger charge is -2.09. The molecule has 0 aliphatic rings. The first-order chi connectivity index (χ1) is 9.47. The standard InChI is InChI=1S/C12H7Cl3N2O3/c13-9-4-12(15)16-5-7(9)6-20-11-2-1-8(17(18)19)3-10(11)14/h1-5H,6H2. The Labute approximate surface area is 129 Å². The Balaban J connectivity index is 2.13. The summed E-state index contributed by atoms with van der Waals surface area (Å²) in [4.78, 5) is 13.9. The van der Waals surface area contributed by atoms with Crippen molar-refractivity contribution in [3.63, 3.8) is 0 Å². The third-order valence-corrected chi connectivity index (χ3v) is 3.26. The van der Waals surface area contributed by atoms with Crippen molar-refractivity contribution in [1.82, 2.24) is 4.98 Å². The molecule has 2 aromatic rings. The molecule has 0 atom stereocenters. The third kappa shape index (κ3) is 3.50. The van der Waals surface area contributed by atoms with Gasteiger partial charge in [0, 0.05) is 23.9 Å². The van der Waals surface area contributed by atoms with Crippen molar-refractivity contribution in [2.24, 2.45) is 0 Å². The van der Waals surface area contributed by atoms with Gasteiger partial charge in [0.05, 0.1) is 15.0 Å². The van der Waals surface area contributed by atoms with Crippen LogP contribution in [0, 0.1) is 10.1 Å². The van der Waals surface area contributed by atoms with Crippen molar-refractivity contribution in [3.8, 4) is 5.75 Å². The summed E-state index contributed by atoms with van der Waals surface area (Å²) in [7, 11) is 0. The summed E-state index contributed by atoms with van der Waals surface area (Å²) in [5.41, 5.74) is 0.527. The van der Waals surface area contributed by atoms with E-state index in [0.717, 1.165) is 0 Å². The van der Waals surface area contributed by atoms with Gasteiger partial charge >= 0.3 is 0 Å². The van der Waals surface area contributed by atoms with Crippen molar-refractivity contribution < 1.29 is 9.66 Å². The molecule has 0 aliphatic carbocycles. The zero-order chi connectivity index (χ0) is 14.7. The number of aromatic nitrogens is 1. The lowest BCUT2D eigenvalue weighted by molar-refractivity contribution is -0.384. The molecule has 0 amide bonds. The summed E-state index contributed by atoms with van der Waals surface area (Å²) in [6.07, 6.45) is 1.49. The fourth-order valence-electron chi connectivity index (χ4n) is 1.42. The number of hydrogen-bond donors (Lipinski definition) is 0. The van der Waals surface area contributed by atoms with Gasteiger partial charge in [-0.25, -0.2) is 4.98 Å². The van der Waals surface area contributed by atoms with E-state index in [1.165, 1.54) is 30.5 Å². The van der Waals surface area contributed by atoms with Crippen LogP contribution in [0.25, 0.3) is 0 Å². The second-order valence-corrected chi connectivity index (χ2v) is 4.96. The molecule has 0 bridgehead atoms. The van der Waals surface area contributed by atoms with Gasteiger partial charge in [0.15, 0.2) is 0 Å². The van der Waals surface area contributed by atoms with Gasteiger partial charge in [0.25, 0.3) is 5.69 Å². The van der Waals surface area contributed by atoms with Gasteiger partial charge in [-0.2, -0.15) is 0 Å². The van der Waals surface area contributed by atoms with Crippen LogP contribution in [0.15, 0.2) is 30.5 Å². The van der Waals surface area contributed by atoms with Crippen molar-refractivity contribution in [3.05, 3.63) is 61.3 Å². The van der Waals surface area contributed by atoms with Crippen molar-refractivity contribution in [2.45, 2.75) is 6.61 Å². The molecule has 1 heterocycles. The van der Waals surface area contributed by atoms with E-state index in [4.69, 9.17) is 39.5 Å². The number of rotatable bonds is 4. The zero-order valence-electron chi connectivity index (χ0n) is 9.85. The normalized spacial score (nSPS) is 10.3. The molecule has 104 valence electrons. The minimum atomic E-state index is -0.532. The Kier molecular flexibility index (Phi) is 4.65. The maximum atomic E-state index is 10.6. The second-order valence-electron chi connectivity index (χ2n) is 3.76. The van der Waals surface area contributed by atoms with Gasteiger partial charge in [-0.3, -0.25) is 10.1 Å². The fourth-order valence-corrected chi connectivity index (χ4v) is 2.07. The highest BCUT2D eigenvalue weighted by Gasteiger charge is 2.11. The van der Waals surface area contributed by atoms with Crippen molar-refractivity contribution in [1.29, 1.82) is 0 Å². The number of nitro groups is 1. The molecular weight excluding hydrogens is 327 g/mol. The Morgan fingerprint density at radius 1 is 1.20 bits per heavy atom. The van der Waals surface area contributed by atoms with Crippen LogP contribution < -0.4 is 4.74 Å². The first-order valence-corrected chi connectivity index (χ1v) is 6.47. The van der Waals surface area contributed by atoms with E-state index in [0.29, 0.717) is 16.3 Å². The third-order valence-electron chi connectivity index (χ3n) is 2.41. The molecule has 0 unspecified atom stereocenters. The largest absolute Gasteiger partial charge is 0.487 e. The fraction of sp³-hybridized carbons (Fsp3) is 0.0833. The summed E-state index contributed by atoms with van der Waals surface area (Å²) in [5, 5.41) is 11.4. The smallest absolute Gasteiger partial charge is 0.271 e. The molecule has 0 saturated carbocycles. The molecule has 1 aromatic carbocycles. The van der Waals surface area contributed by atoms with E-state index >= 15 is 0 Å². The van der Waals surface area contributed by atoms with Gasteiger partial charge in [0.1, 0.15) is 17.5 Å². The predicted octanol–water partition coefficient (Wildman–Crippen LogP) is 4.53. The Morgan fingerprint density at radius 2 is 1.95 bits per heavy atom. The lowest BCUT2D eigenvalue weighted by Crippen LogP contribution is -1.98. The van der Waals surface area contributed by atoms with Crippen LogP contribution in [0.1, 0.15) is 5.56 Å². The minimum absolute atomic E-state index is 0.103. The van der Waals surface area contributed by atoms with E-state index < -0.39 is 4.92 Å². The monoisotopic (exact) mass is 332 g/mol. The van der Waals surface area contributed by atoms with E-state index in [9.17, 15) is 10.1 Å². The molecule has 5 nitrogen and oxygen atoms in total. The van der Waals surface area contributed by atoms with Gasteiger partial charge in [-0.1, -0.05) is 34.8 Å². The Morgan fingerprint density at radius 3 is 2.55 bits per heavy atom. The summed E-state index contributed by atoms with van der Waals surface area (Å²) in [6.45, 7) is 0.126. The number of non-ortho nitro benzene ring substituents is 1. The number of halogens is 3. The molecule has 2 rings (SSSR count). The van der Waals surface area contributed by atoms with Gasteiger partial charge in [0.2, 0.25) is 0 Å². The number of nitrogens with zero attached hydrogens (tertiary/aromatic N) is 2. The number of nitro benzene ring substituents is 1. The van der Waals surface area contributed by atoms with Gasteiger partial charge < -0.3 is 4.74 Å². The van der Waals surface area contributed by atoms with Crippen LogP contribution in [-0.4, -0.2) is 9.91 Å². The highest BCUT2D eigenvalue weighted by Crippen LogP contribution is 2.30. The number of ether oxygens (including phenoxy) is 1. The molecule has 20 heavy (non-hydrogen) atoms.